The molecule has 202 valence electrons. The summed E-state index contributed by atoms with van der Waals surface area (Å²) in [5.74, 6) is -1.69. The van der Waals surface area contributed by atoms with Crippen LogP contribution in [0.1, 0.15) is 18.4 Å². The van der Waals surface area contributed by atoms with Crippen LogP contribution in [0.15, 0.2) is 71.6 Å². The number of benzene rings is 3. The van der Waals surface area contributed by atoms with E-state index in [1.165, 1.54) is 52.8 Å². The Labute approximate surface area is 230 Å². The second-order valence-corrected chi connectivity index (χ2v) is 13.3. The fourth-order valence-electron chi connectivity index (χ4n) is 4.03. The Bertz CT molecular complexity index is 1530. The van der Waals surface area contributed by atoms with E-state index in [1.54, 1.807) is 6.07 Å². The van der Waals surface area contributed by atoms with Gasteiger partial charge >= 0.3 is 0 Å². The number of anilines is 2. The largest absolute Gasteiger partial charge is 0.326 e. The molecule has 3 aromatic rings. The lowest BCUT2D eigenvalue weighted by molar-refractivity contribution is -0.120. The van der Waals surface area contributed by atoms with Crippen LogP contribution in [0.25, 0.3) is 0 Å². The molecule has 1 fully saturated rings. The molecule has 0 saturated carbocycles. The van der Waals surface area contributed by atoms with Gasteiger partial charge in [-0.15, -0.1) is 0 Å². The van der Waals surface area contributed by atoms with E-state index in [1.807, 2.05) is 0 Å². The molecule has 8 nitrogen and oxygen atoms in total. The third kappa shape index (κ3) is 7.03. The summed E-state index contributed by atoms with van der Waals surface area (Å²) in [6, 6.07) is 15.1. The summed E-state index contributed by atoms with van der Waals surface area (Å²) in [4.78, 5) is 12.9. The Hall–Kier alpha value is -2.70. The average molecular weight is 601 g/mol. The van der Waals surface area contributed by atoms with Gasteiger partial charge in [0.05, 0.1) is 26.6 Å². The van der Waals surface area contributed by atoms with Crippen LogP contribution < -0.4 is 10.0 Å². The maximum atomic E-state index is 13.1. The monoisotopic (exact) mass is 599 g/mol. The molecule has 0 radical (unpaired) electrons. The van der Waals surface area contributed by atoms with E-state index in [0.717, 1.165) is 12.1 Å². The number of rotatable bonds is 8. The van der Waals surface area contributed by atoms with Gasteiger partial charge in [0.15, 0.2) is 0 Å². The predicted octanol–water partition coefficient (Wildman–Crippen LogP) is 5.11. The topological polar surface area (TPSA) is 113 Å². The number of carbonyl (C=O) groups is 1. The molecular weight excluding hydrogens is 576 g/mol. The fraction of sp³-hybridized carbons (Fsp3) is 0.240. The van der Waals surface area contributed by atoms with Crippen molar-refractivity contribution in [1.82, 2.24) is 4.31 Å². The van der Waals surface area contributed by atoms with Gasteiger partial charge < -0.3 is 5.32 Å². The highest BCUT2D eigenvalue weighted by molar-refractivity contribution is 7.92. The summed E-state index contributed by atoms with van der Waals surface area (Å²) in [6.45, 7) is 0.338. The lowest BCUT2D eigenvalue weighted by Crippen LogP contribution is -2.44. The van der Waals surface area contributed by atoms with Crippen molar-refractivity contribution in [2.24, 2.45) is 5.92 Å². The number of nitrogens with one attached hydrogen (secondary N) is 2. The van der Waals surface area contributed by atoms with Crippen LogP contribution in [0.2, 0.25) is 10.0 Å². The van der Waals surface area contributed by atoms with E-state index in [0.29, 0.717) is 35.7 Å². The maximum absolute atomic E-state index is 13.1. The molecule has 1 aliphatic heterocycles. The van der Waals surface area contributed by atoms with Crippen molar-refractivity contribution in [3.05, 3.63) is 88.2 Å². The molecule has 1 amide bonds. The first-order valence-electron chi connectivity index (χ1n) is 11.5. The standard InChI is InChI=1S/C25H24Cl2FN3O5S2/c26-23-12-3-17(14-24(23)27)16-37(33,34)31-13-1-2-18(15-31)25(32)29-20-8-10-22(11-9-20)38(35,36)30-21-6-4-19(28)5-7-21/h3-12,14,18,30H,1-2,13,15-16H2,(H,29,32)/t18-/m1/s1. The number of amides is 1. The second kappa shape index (κ2) is 11.6. The molecular formula is C25H24Cl2FN3O5S2. The molecule has 0 spiro atoms. The minimum atomic E-state index is -3.92. The zero-order valence-corrected chi connectivity index (χ0v) is 23.0. The smallest absolute Gasteiger partial charge is 0.261 e. The van der Waals surface area contributed by atoms with E-state index >= 15 is 0 Å². The van der Waals surface area contributed by atoms with Crippen LogP contribution in [0, 0.1) is 11.7 Å². The van der Waals surface area contributed by atoms with Crippen molar-refractivity contribution in [3.63, 3.8) is 0 Å². The van der Waals surface area contributed by atoms with Gasteiger partial charge in [-0.2, -0.15) is 0 Å². The maximum Gasteiger partial charge on any atom is 0.261 e. The van der Waals surface area contributed by atoms with Gasteiger partial charge in [0.1, 0.15) is 5.82 Å². The van der Waals surface area contributed by atoms with Gasteiger partial charge in [-0.25, -0.2) is 25.5 Å². The number of carbonyl (C=O) groups excluding carboxylic acids is 1. The highest BCUT2D eigenvalue weighted by Crippen LogP contribution is 2.27. The van der Waals surface area contributed by atoms with E-state index < -0.39 is 31.8 Å². The summed E-state index contributed by atoms with van der Waals surface area (Å²) >= 11 is 11.9. The Morgan fingerprint density at radius 1 is 0.921 bits per heavy atom. The van der Waals surface area contributed by atoms with Crippen LogP contribution in [-0.4, -0.2) is 40.1 Å². The number of piperidine rings is 1. The van der Waals surface area contributed by atoms with Crippen molar-refractivity contribution >= 4 is 60.5 Å². The van der Waals surface area contributed by atoms with Gasteiger partial charge in [0.25, 0.3) is 10.0 Å². The van der Waals surface area contributed by atoms with Gasteiger partial charge in [0, 0.05) is 24.5 Å². The Morgan fingerprint density at radius 2 is 1.58 bits per heavy atom. The molecule has 0 unspecified atom stereocenters. The van der Waals surface area contributed by atoms with Crippen LogP contribution >= 0.6 is 23.2 Å². The number of nitrogens with zero attached hydrogens (tertiary/aromatic N) is 1. The van der Waals surface area contributed by atoms with E-state index in [2.05, 4.69) is 10.0 Å². The normalized spacial score (nSPS) is 16.7. The molecule has 2 N–H and O–H groups in total. The van der Waals surface area contributed by atoms with E-state index in [-0.39, 0.29) is 33.8 Å². The molecule has 0 bridgehead atoms. The van der Waals surface area contributed by atoms with E-state index in [9.17, 15) is 26.0 Å². The highest BCUT2D eigenvalue weighted by atomic mass is 35.5. The number of hydrogen-bond acceptors (Lipinski definition) is 5. The first kappa shape index (κ1) is 28.3. The number of sulfonamides is 2. The van der Waals surface area contributed by atoms with Gasteiger partial charge in [-0.1, -0.05) is 29.3 Å². The first-order valence-corrected chi connectivity index (χ1v) is 15.4. The summed E-state index contributed by atoms with van der Waals surface area (Å²) in [6.07, 6.45) is 1.03. The molecule has 13 heteroatoms. The molecule has 1 atom stereocenters. The molecule has 0 aromatic heterocycles. The quantitative estimate of drug-likeness (QED) is 0.373. The van der Waals surface area contributed by atoms with Crippen LogP contribution in [0.5, 0.6) is 0 Å². The average Bonchev–Trinajstić information content (AvgIpc) is 2.88. The lowest BCUT2D eigenvalue weighted by atomic mass is 9.99. The van der Waals surface area contributed by atoms with Gasteiger partial charge in [-0.05, 0) is 79.1 Å². The van der Waals surface area contributed by atoms with Crippen LogP contribution in [-0.2, 0) is 30.6 Å². The summed E-state index contributed by atoms with van der Waals surface area (Å²) in [5.41, 5.74) is 1.07. The highest BCUT2D eigenvalue weighted by Gasteiger charge is 2.32. The number of halogens is 3. The zero-order chi connectivity index (χ0) is 27.5. The van der Waals surface area contributed by atoms with Crippen LogP contribution in [0.3, 0.4) is 0 Å². The first-order chi connectivity index (χ1) is 17.9. The summed E-state index contributed by atoms with van der Waals surface area (Å²) < 4.78 is 67.9. The Kier molecular flexibility index (Phi) is 8.63. The zero-order valence-electron chi connectivity index (χ0n) is 19.9. The van der Waals surface area contributed by atoms with Crippen molar-refractivity contribution in [1.29, 1.82) is 0 Å². The fourth-order valence-corrected chi connectivity index (χ4v) is 7.01. The van der Waals surface area contributed by atoms with Gasteiger partial charge in [-0.3, -0.25) is 9.52 Å². The SMILES string of the molecule is O=C(Nc1ccc(S(=O)(=O)Nc2ccc(F)cc2)cc1)[C@@H]1CCCN(S(=O)(=O)Cc2ccc(Cl)c(Cl)c2)C1. The molecule has 1 heterocycles. The Morgan fingerprint density at radius 3 is 2.24 bits per heavy atom. The van der Waals surface area contributed by atoms with Crippen molar-refractivity contribution < 1.29 is 26.0 Å². The predicted molar refractivity (Wildman–Crippen MR) is 146 cm³/mol. The summed E-state index contributed by atoms with van der Waals surface area (Å²) in [7, 11) is -7.62. The van der Waals surface area contributed by atoms with E-state index in [4.69, 9.17) is 23.2 Å². The third-order valence-electron chi connectivity index (χ3n) is 6.01. The van der Waals surface area contributed by atoms with Crippen LogP contribution in [0.4, 0.5) is 15.8 Å². The third-order valence-corrected chi connectivity index (χ3v) is 9.96. The molecule has 0 aliphatic carbocycles. The summed E-state index contributed by atoms with van der Waals surface area (Å²) in [5, 5.41) is 3.33. The van der Waals surface area contributed by atoms with Crippen molar-refractivity contribution in [2.75, 3.05) is 23.1 Å². The minimum Gasteiger partial charge on any atom is -0.326 e. The molecule has 38 heavy (non-hydrogen) atoms. The molecule has 1 saturated heterocycles. The molecule has 3 aromatic carbocycles. The molecule has 4 rings (SSSR count). The molecule has 1 aliphatic rings. The van der Waals surface area contributed by atoms with Crippen molar-refractivity contribution in [3.8, 4) is 0 Å². The van der Waals surface area contributed by atoms with Gasteiger partial charge in [0.2, 0.25) is 15.9 Å². The Balaban J connectivity index is 1.38. The minimum absolute atomic E-state index is 0.0313. The number of hydrogen-bond donors (Lipinski definition) is 2. The van der Waals surface area contributed by atoms with Crippen molar-refractivity contribution in [2.45, 2.75) is 23.5 Å². The lowest BCUT2D eigenvalue weighted by Gasteiger charge is -2.31. The second-order valence-electron chi connectivity index (χ2n) is 8.83.